The largest absolute Gasteiger partial charge is 0.454 e. The van der Waals surface area contributed by atoms with Crippen LogP contribution in [0.5, 0.6) is 11.5 Å². The highest BCUT2D eigenvalue weighted by molar-refractivity contribution is 7.15. The van der Waals surface area contributed by atoms with Gasteiger partial charge in [0.15, 0.2) is 11.5 Å². The van der Waals surface area contributed by atoms with Gasteiger partial charge in [-0.25, -0.2) is 4.98 Å². The zero-order valence-electron chi connectivity index (χ0n) is 14.6. The predicted molar refractivity (Wildman–Crippen MR) is 104 cm³/mol. The molecule has 3 aromatic rings. The van der Waals surface area contributed by atoms with Crippen LogP contribution in [0.1, 0.15) is 17.0 Å². The van der Waals surface area contributed by atoms with Crippen LogP contribution < -0.4 is 14.8 Å². The number of carbonyl (C=O) groups excluding carboxylic acids is 1. The number of benzene rings is 2. The van der Waals surface area contributed by atoms with Crippen LogP contribution in [0.4, 0.5) is 5.69 Å². The lowest BCUT2D eigenvalue weighted by molar-refractivity contribution is -0.120. The van der Waals surface area contributed by atoms with Gasteiger partial charge in [-0.05, 0) is 31.4 Å². The summed E-state index contributed by atoms with van der Waals surface area (Å²) in [5.74, 6) is 1.41. The van der Waals surface area contributed by atoms with Gasteiger partial charge in [0.1, 0.15) is 5.01 Å². The topological polar surface area (TPSA) is 60.5 Å². The van der Waals surface area contributed by atoms with Crippen LogP contribution in [0.2, 0.25) is 0 Å². The monoisotopic (exact) mass is 378 g/mol. The highest BCUT2D eigenvalue weighted by atomic mass is 32.1. The van der Waals surface area contributed by atoms with E-state index in [9.17, 15) is 4.79 Å². The van der Waals surface area contributed by atoms with E-state index in [0.29, 0.717) is 11.5 Å². The van der Waals surface area contributed by atoms with Crippen LogP contribution in [0.3, 0.4) is 0 Å². The highest BCUT2D eigenvalue weighted by Gasteiger charge is 2.28. The average molecular weight is 378 g/mol. The van der Waals surface area contributed by atoms with Crippen molar-refractivity contribution in [1.82, 2.24) is 4.98 Å². The number of rotatable bonds is 3. The Bertz CT molecular complexity index is 1000. The molecule has 1 aromatic heterocycles. The molecule has 1 aliphatic carbocycles. The number of hydrogen-bond acceptors (Lipinski definition) is 5. The number of aromatic nitrogens is 1. The third kappa shape index (κ3) is 3.17. The van der Waals surface area contributed by atoms with Crippen molar-refractivity contribution in [1.29, 1.82) is 0 Å². The maximum absolute atomic E-state index is 12.8. The van der Waals surface area contributed by atoms with Crippen LogP contribution >= 0.6 is 11.3 Å². The fraction of sp³-hybridized carbons (Fsp3) is 0.238. The fourth-order valence-electron chi connectivity index (χ4n) is 3.52. The summed E-state index contributed by atoms with van der Waals surface area (Å²) in [5.41, 5.74) is 3.02. The second-order valence-corrected chi connectivity index (χ2v) is 7.84. The Labute approximate surface area is 161 Å². The summed E-state index contributed by atoms with van der Waals surface area (Å²) in [6.07, 6.45) is 2.41. The quantitative estimate of drug-likeness (QED) is 0.739. The number of fused-ring (bicyclic) bond motifs is 2. The van der Waals surface area contributed by atoms with Gasteiger partial charge >= 0.3 is 0 Å². The van der Waals surface area contributed by atoms with Gasteiger partial charge in [0, 0.05) is 28.1 Å². The summed E-state index contributed by atoms with van der Waals surface area (Å²) in [4.78, 5) is 18.8. The van der Waals surface area contributed by atoms with Gasteiger partial charge in [0.2, 0.25) is 12.7 Å². The molecule has 0 radical (unpaired) electrons. The molecule has 1 N–H and O–H groups in total. The van der Waals surface area contributed by atoms with E-state index in [-0.39, 0.29) is 18.6 Å². The van der Waals surface area contributed by atoms with E-state index in [0.717, 1.165) is 41.2 Å². The number of nitrogens with zero attached hydrogens (tertiary/aromatic N) is 1. The van der Waals surface area contributed by atoms with Gasteiger partial charge in [-0.1, -0.05) is 30.3 Å². The van der Waals surface area contributed by atoms with Crippen LogP contribution in [0.25, 0.3) is 10.6 Å². The van der Waals surface area contributed by atoms with Crippen molar-refractivity contribution >= 4 is 22.9 Å². The van der Waals surface area contributed by atoms with Crippen LogP contribution in [0, 0.1) is 5.92 Å². The first-order valence-electron chi connectivity index (χ1n) is 9.01. The Hall–Kier alpha value is -2.86. The molecule has 5 rings (SSSR count). The molecule has 1 aliphatic heterocycles. The third-order valence-electron chi connectivity index (χ3n) is 4.97. The first-order chi connectivity index (χ1) is 13.3. The number of carbonyl (C=O) groups is 1. The van der Waals surface area contributed by atoms with Gasteiger partial charge in [0.05, 0.1) is 5.69 Å². The molecular weight excluding hydrogens is 360 g/mol. The van der Waals surface area contributed by atoms with Crippen molar-refractivity contribution in [2.24, 2.45) is 5.92 Å². The van der Waals surface area contributed by atoms with E-state index >= 15 is 0 Å². The molecule has 0 fully saturated rings. The van der Waals surface area contributed by atoms with E-state index in [4.69, 9.17) is 14.5 Å². The van der Waals surface area contributed by atoms with Crippen molar-refractivity contribution < 1.29 is 14.3 Å². The molecular formula is C21H18N2O3S. The predicted octanol–water partition coefficient (Wildman–Crippen LogP) is 4.28. The fourth-order valence-corrected chi connectivity index (χ4v) is 4.71. The Morgan fingerprint density at radius 3 is 2.85 bits per heavy atom. The normalized spacial score (nSPS) is 17.4. The van der Waals surface area contributed by atoms with Crippen LogP contribution in [-0.2, 0) is 17.6 Å². The van der Waals surface area contributed by atoms with E-state index in [2.05, 4.69) is 17.4 Å². The number of hydrogen-bond donors (Lipinski definition) is 1. The smallest absolute Gasteiger partial charge is 0.231 e. The molecule has 0 saturated heterocycles. The molecule has 1 atom stereocenters. The van der Waals surface area contributed by atoms with E-state index in [1.54, 1.807) is 11.3 Å². The summed E-state index contributed by atoms with van der Waals surface area (Å²) >= 11 is 1.70. The zero-order chi connectivity index (χ0) is 18.2. The Morgan fingerprint density at radius 2 is 1.96 bits per heavy atom. The maximum Gasteiger partial charge on any atom is 0.231 e. The molecule has 0 spiro atoms. The SMILES string of the molecule is O=C(Nc1ccc2c(c1)OCO2)C1CCc2nc(-c3ccccc3)sc2C1. The Balaban J connectivity index is 1.30. The number of ether oxygens (including phenoxy) is 2. The summed E-state index contributed by atoms with van der Waals surface area (Å²) in [5, 5.41) is 4.06. The second kappa shape index (κ2) is 6.70. The molecule has 1 unspecified atom stereocenters. The standard InChI is InChI=1S/C21H18N2O3S/c24-20(22-15-7-9-17-18(11-15)26-12-25-17)14-6-8-16-19(10-14)27-21(23-16)13-4-2-1-3-5-13/h1-5,7,9,11,14H,6,8,10,12H2,(H,22,24). The summed E-state index contributed by atoms with van der Waals surface area (Å²) in [7, 11) is 0. The molecule has 6 heteroatoms. The van der Waals surface area contributed by atoms with E-state index in [1.165, 1.54) is 4.88 Å². The zero-order valence-corrected chi connectivity index (χ0v) is 15.4. The molecule has 5 nitrogen and oxygen atoms in total. The minimum atomic E-state index is -0.0352. The van der Waals surface area contributed by atoms with Crippen molar-refractivity contribution in [2.45, 2.75) is 19.3 Å². The van der Waals surface area contributed by atoms with Crippen LogP contribution in [-0.4, -0.2) is 17.7 Å². The van der Waals surface area contributed by atoms with Crippen molar-refractivity contribution in [2.75, 3.05) is 12.1 Å². The van der Waals surface area contributed by atoms with Gasteiger partial charge in [-0.3, -0.25) is 4.79 Å². The van der Waals surface area contributed by atoms with Gasteiger partial charge < -0.3 is 14.8 Å². The lowest BCUT2D eigenvalue weighted by Gasteiger charge is -2.20. The lowest BCUT2D eigenvalue weighted by atomic mass is 9.90. The van der Waals surface area contributed by atoms with E-state index < -0.39 is 0 Å². The number of amides is 1. The highest BCUT2D eigenvalue weighted by Crippen LogP contribution is 2.36. The molecule has 27 heavy (non-hydrogen) atoms. The first-order valence-corrected chi connectivity index (χ1v) is 9.82. The average Bonchev–Trinajstić information content (AvgIpc) is 3.34. The van der Waals surface area contributed by atoms with Gasteiger partial charge in [0.25, 0.3) is 0 Å². The van der Waals surface area contributed by atoms with Crippen molar-refractivity contribution in [3.05, 3.63) is 59.1 Å². The molecule has 2 heterocycles. The van der Waals surface area contributed by atoms with Crippen molar-refractivity contribution in [3.8, 4) is 22.1 Å². The number of anilines is 1. The molecule has 1 amide bonds. The minimum absolute atomic E-state index is 0.0352. The van der Waals surface area contributed by atoms with Crippen molar-refractivity contribution in [3.63, 3.8) is 0 Å². The Kier molecular flexibility index (Phi) is 4.05. The van der Waals surface area contributed by atoms with Gasteiger partial charge in [-0.15, -0.1) is 11.3 Å². The second-order valence-electron chi connectivity index (χ2n) is 6.75. The molecule has 0 saturated carbocycles. The summed E-state index contributed by atoms with van der Waals surface area (Å²) in [6, 6.07) is 15.7. The molecule has 136 valence electrons. The minimum Gasteiger partial charge on any atom is -0.454 e. The lowest BCUT2D eigenvalue weighted by Crippen LogP contribution is -2.27. The summed E-state index contributed by atoms with van der Waals surface area (Å²) in [6.45, 7) is 0.229. The maximum atomic E-state index is 12.8. The molecule has 2 aromatic carbocycles. The number of thiazole rings is 1. The molecule has 0 bridgehead atoms. The summed E-state index contributed by atoms with van der Waals surface area (Å²) < 4.78 is 10.7. The number of nitrogens with one attached hydrogen (secondary N) is 1. The van der Waals surface area contributed by atoms with Gasteiger partial charge in [-0.2, -0.15) is 0 Å². The molecule has 2 aliphatic rings. The number of aryl methyl sites for hydroxylation is 1. The van der Waals surface area contributed by atoms with E-state index in [1.807, 2.05) is 36.4 Å². The van der Waals surface area contributed by atoms with Crippen LogP contribution in [0.15, 0.2) is 48.5 Å². The first kappa shape index (κ1) is 16.3. The Morgan fingerprint density at radius 1 is 1.11 bits per heavy atom. The third-order valence-corrected chi connectivity index (χ3v) is 6.14.